The van der Waals surface area contributed by atoms with Crippen LogP contribution in [0.15, 0.2) is 69.8 Å². The van der Waals surface area contributed by atoms with Gasteiger partial charge in [0.15, 0.2) is 0 Å². The van der Waals surface area contributed by atoms with E-state index in [2.05, 4.69) is 40.4 Å². The van der Waals surface area contributed by atoms with E-state index in [1.54, 1.807) is 60.9 Å². The Kier molecular flexibility index (Phi) is 7.89. The van der Waals surface area contributed by atoms with Crippen molar-refractivity contribution in [1.82, 2.24) is 5.32 Å². The molecular weight excluding hydrogens is 460 g/mol. The van der Waals surface area contributed by atoms with Gasteiger partial charge in [-0.1, -0.05) is 13.8 Å². The molecule has 162 valence electrons. The molecule has 0 aliphatic rings. The molecule has 0 saturated carbocycles. The van der Waals surface area contributed by atoms with Crippen LogP contribution in [-0.2, 0) is 6.54 Å². The zero-order valence-electron chi connectivity index (χ0n) is 17.5. The van der Waals surface area contributed by atoms with Crippen molar-refractivity contribution in [2.75, 3.05) is 11.9 Å². The quantitative estimate of drug-likeness (QED) is 0.411. The molecule has 0 atom stereocenters. The lowest BCUT2D eigenvalue weighted by Gasteiger charge is -2.11. The number of hydrogen-bond acceptors (Lipinski definition) is 4. The first-order valence-electron chi connectivity index (χ1n) is 10.1. The van der Waals surface area contributed by atoms with Crippen LogP contribution in [0.3, 0.4) is 0 Å². The third-order valence-corrected chi connectivity index (χ3v) is 5.17. The fraction of sp³-hybridized carbons (Fsp3) is 0.250. The SMILES string of the molecule is CC(C)CCOc1ccc(C(=O)Nc2ccc(C(=O)NCc3ccco3)cc2)cc1Br. The summed E-state index contributed by atoms with van der Waals surface area (Å²) in [6.45, 7) is 5.23. The minimum Gasteiger partial charge on any atom is -0.492 e. The van der Waals surface area contributed by atoms with Gasteiger partial charge in [0.05, 0.1) is 23.9 Å². The lowest BCUT2D eigenvalue weighted by Crippen LogP contribution is -2.22. The molecule has 0 aliphatic carbocycles. The van der Waals surface area contributed by atoms with E-state index in [1.807, 2.05) is 0 Å². The normalized spacial score (nSPS) is 10.7. The van der Waals surface area contributed by atoms with E-state index in [0.29, 0.717) is 47.4 Å². The summed E-state index contributed by atoms with van der Waals surface area (Å²) in [6.07, 6.45) is 2.52. The maximum absolute atomic E-state index is 12.6. The van der Waals surface area contributed by atoms with Gasteiger partial charge in [0.1, 0.15) is 11.5 Å². The lowest BCUT2D eigenvalue weighted by atomic mass is 10.1. The second-order valence-corrected chi connectivity index (χ2v) is 8.32. The number of ether oxygens (including phenoxy) is 1. The summed E-state index contributed by atoms with van der Waals surface area (Å²) < 4.78 is 11.7. The highest BCUT2D eigenvalue weighted by Crippen LogP contribution is 2.27. The second-order valence-electron chi connectivity index (χ2n) is 7.47. The van der Waals surface area contributed by atoms with E-state index in [0.717, 1.165) is 10.9 Å². The van der Waals surface area contributed by atoms with Gasteiger partial charge in [0.2, 0.25) is 0 Å². The third-order valence-electron chi connectivity index (χ3n) is 4.56. The van der Waals surface area contributed by atoms with Crippen LogP contribution in [0.4, 0.5) is 5.69 Å². The molecule has 0 aliphatic heterocycles. The Hall–Kier alpha value is -3.06. The number of hydrogen-bond donors (Lipinski definition) is 2. The third kappa shape index (κ3) is 6.72. The number of furan rings is 1. The lowest BCUT2D eigenvalue weighted by molar-refractivity contribution is 0.0947. The molecule has 2 amide bonds. The molecule has 1 aromatic heterocycles. The number of benzene rings is 2. The zero-order valence-corrected chi connectivity index (χ0v) is 19.1. The molecule has 0 fully saturated rings. The van der Waals surface area contributed by atoms with Crippen LogP contribution in [0.1, 0.15) is 46.7 Å². The van der Waals surface area contributed by atoms with Crippen molar-refractivity contribution in [2.45, 2.75) is 26.8 Å². The van der Waals surface area contributed by atoms with Gasteiger partial charge in [0, 0.05) is 16.8 Å². The van der Waals surface area contributed by atoms with Crippen LogP contribution in [0, 0.1) is 5.92 Å². The highest BCUT2D eigenvalue weighted by molar-refractivity contribution is 9.10. The van der Waals surface area contributed by atoms with Gasteiger partial charge in [-0.15, -0.1) is 0 Å². The van der Waals surface area contributed by atoms with Crippen LogP contribution < -0.4 is 15.4 Å². The molecule has 0 unspecified atom stereocenters. The highest BCUT2D eigenvalue weighted by atomic mass is 79.9. The van der Waals surface area contributed by atoms with Gasteiger partial charge in [-0.3, -0.25) is 9.59 Å². The van der Waals surface area contributed by atoms with Crippen LogP contribution in [-0.4, -0.2) is 18.4 Å². The summed E-state index contributed by atoms with van der Waals surface area (Å²) in [6, 6.07) is 15.5. The molecule has 0 bridgehead atoms. The molecular formula is C24H25BrN2O4. The Bertz CT molecular complexity index is 1010. The van der Waals surface area contributed by atoms with E-state index >= 15 is 0 Å². The van der Waals surface area contributed by atoms with Gasteiger partial charge in [-0.2, -0.15) is 0 Å². The number of carbonyl (C=O) groups excluding carboxylic acids is 2. The smallest absolute Gasteiger partial charge is 0.255 e. The Morgan fingerprint density at radius 2 is 1.77 bits per heavy atom. The first kappa shape index (κ1) is 22.6. The van der Waals surface area contributed by atoms with Crippen LogP contribution in [0.25, 0.3) is 0 Å². The van der Waals surface area contributed by atoms with Crippen LogP contribution in [0.5, 0.6) is 5.75 Å². The highest BCUT2D eigenvalue weighted by Gasteiger charge is 2.11. The summed E-state index contributed by atoms with van der Waals surface area (Å²) in [7, 11) is 0. The summed E-state index contributed by atoms with van der Waals surface area (Å²) in [5.41, 5.74) is 1.60. The molecule has 0 saturated heterocycles. The fourth-order valence-corrected chi connectivity index (χ4v) is 3.25. The number of anilines is 1. The average Bonchev–Trinajstić information content (AvgIpc) is 3.27. The van der Waals surface area contributed by atoms with Crippen molar-refractivity contribution >= 4 is 33.4 Å². The zero-order chi connectivity index (χ0) is 22.2. The van der Waals surface area contributed by atoms with E-state index in [9.17, 15) is 9.59 Å². The van der Waals surface area contributed by atoms with E-state index < -0.39 is 0 Å². The molecule has 3 rings (SSSR count). The number of nitrogens with one attached hydrogen (secondary N) is 2. The molecule has 1 heterocycles. The van der Waals surface area contributed by atoms with Crippen molar-refractivity contribution in [3.63, 3.8) is 0 Å². The van der Waals surface area contributed by atoms with Gasteiger partial charge in [-0.05, 0) is 82.9 Å². The molecule has 31 heavy (non-hydrogen) atoms. The minimum absolute atomic E-state index is 0.216. The maximum atomic E-state index is 12.6. The monoisotopic (exact) mass is 484 g/mol. The standard InChI is InChI=1S/C24H25BrN2O4/c1-16(2)11-13-31-22-10-7-18(14-21(22)25)24(29)27-19-8-5-17(6-9-19)23(28)26-15-20-4-3-12-30-20/h3-10,12,14,16H,11,13,15H2,1-2H3,(H,26,28)(H,27,29). The van der Waals surface area contributed by atoms with Crippen molar-refractivity contribution in [1.29, 1.82) is 0 Å². The van der Waals surface area contributed by atoms with Gasteiger partial charge < -0.3 is 19.8 Å². The summed E-state index contributed by atoms with van der Waals surface area (Å²) in [4.78, 5) is 24.8. The average molecular weight is 485 g/mol. The molecule has 0 spiro atoms. The Morgan fingerprint density at radius 3 is 2.42 bits per heavy atom. The number of carbonyl (C=O) groups is 2. The summed E-state index contributed by atoms with van der Waals surface area (Å²) in [5, 5.41) is 5.62. The molecule has 6 nitrogen and oxygen atoms in total. The van der Waals surface area contributed by atoms with E-state index in [-0.39, 0.29) is 11.8 Å². The van der Waals surface area contributed by atoms with Crippen molar-refractivity contribution in [2.24, 2.45) is 5.92 Å². The topological polar surface area (TPSA) is 80.6 Å². The largest absolute Gasteiger partial charge is 0.492 e. The first-order chi connectivity index (χ1) is 14.9. The number of halogens is 1. The molecule has 3 aromatic rings. The van der Waals surface area contributed by atoms with Gasteiger partial charge in [-0.25, -0.2) is 0 Å². The van der Waals surface area contributed by atoms with Gasteiger partial charge in [0.25, 0.3) is 11.8 Å². The number of rotatable bonds is 9. The Balaban J connectivity index is 1.55. The molecule has 0 radical (unpaired) electrons. The number of amides is 2. The first-order valence-corrected chi connectivity index (χ1v) is 10.9. The van der Waals surface area contributed by atoms with E-state index in [1.165, 1.54) is 0 Å². The fourth-order valence-electron chi connectivity index (χ4n) is 2.75. The van der Waals surface area contributed by atoms with Crippen molar-refractivity contribution in [3.05, 3.63) is 82.2 Å². The van der Waals surface area contributed by atoms with Gasteiger partial charge >= 0.3 is 0 Å². The van der Waals surface area contributed by atoms with Crippen LogP contribution in [0.2, 0.25) is 0 Å². The molecule has 7 heteroatoms. The second kappa shape index (κ2) is 10.8. The van der Waals surface area contributed by atoms with Crippen molar-refractivity contribution in [3.8, 4) is 5.75 Å². The summed E-state index contributed by atoms with van der Waals surface area (Å²) in [5.74, 6) is 1.50. The van der Waals surface area contributed by atoms with Crippen molar-refractivity contribution < 1.29 is 18.7 Å². The predicted molar refractivity (Wildman–Crippen MR) is 123 cm³/mol. The maximum Gasteiger partial charge on any atom is 0.255 e. The minimum atomic E-state index is -0.246. The predicted octanol–water partition coefficient (Wildman–Crippen LogP) is 5.65. The summed E-state index contributed by atoms with van der Waals surface area (Å²) >= 11 is 3.47. The molecule has 2 aromatic carbocycles. The Labute approximate surface area is 190 Å². The van der Waals surface area contributed by atoms with E-state index in [4.69, 9.17) is 9.15 Å². The van der Waals surface area contributed by atoms with Crippen LogP contribution >= 0.6 is 15.9 Å². The molecule has 2 N–H and O–H groups in total. The Morgan fingerprint density at radius 1 is 1.03 bits per heavy atom.